The number of methoxy groups -OCH3 is 1. The maximum absolute atomic E-state index is 12.1. The first kappa shape index (κ1) is 20.4. The number of aromatic nitrogens is 1. The van der Waals surface area contributed by atoms with Crippen LogP contribution in [-0.4, -0.2) is 48.8 Å². The van der Waals surface area contributed by atoms with E-state index in [-0.39, 0.29) is 12.0 Å². The molecule has 7 nitrogen and oxygen atoms in total. The van der Waals surface area contributed by atoms with Crippen molar-refractivity contribution in [1.82, 2.24) is 10.3 Å². The van der Waals surface area contributed by atoms with Crippen molar-refractivity contribution in [3.63, 3.8) is 0 Å². The molecule has 27 heavy (non-hydrogen) atoms. The molecule has 2 rings (SSSR count). The minimum absolute atomic E-state index is 0.270. The van der Waals surface area contributed by atoms with Crippen LogP contribution < -0.4 is 5.32 Å². The van der Waals surface area contributed by atoms with Gasteiger partial charge in [-0.05, 0) is 24.0 Å². The zero-order valence-electron chi connectivity index (χ0n) is 15.0. The fraction of sp³-hybridized carbons (Fsp3) is 0.263. The van der Waals surface area contributed by atoms with E-state index >= 15 is 0 Å². The predicted molar refractivity (Wildman–Crippen MR) is 100 cm³/mol. The van der Waals surface area contributed by atoms with E-state index in [1.54, 1.807) is 24.6 Å². The lowest BCUT2D eigenvalue weighted by atomic mass is 10.1. The van der Waals surface area contributed by atoms with Gasteiger partial charge in [-0.2, -0.15) is 0 Å². The number of nitrogens with one attached hydrogen (secondary N) is 1. The summed E-state index contributed by atoms with van der Waals surface area (Å²) < 4.78 is 9.78. The fourth-order valence-corrected chi connectivity index (χ4v) is 2.88. The Morgan fingerprint density at radius 1 is 1.15 bits per heavy atom. The summed E-state index contributed by atoms with van der Waals surface area (Å²) in [6, 6.07) is 11.5. The SMILES string of the molecule is COC(=O)C(Cc1ccccc1)NC(=O)COC(=O)c1cccnc1SC. The van der Waals surface area contributed by atoms with Crippen LogP contribution in [0.15, 0.2) is 53.7 Å². The Morgan fingerprint density at radius 3 is 2.56 bits per heavy atom. The van der Waals surface area contributed by atoms with Gasteiger partial charge in [0.2, 0.25) is 0 Å². The highest BCUT2D eigenvalue weighted by Crippen LogP contribution is 2.17. The van der Waals surface area contributed by atoms with Gasteiger partial charge in [-0.25, -0.2) is 14.6 Å². The summed E-state index contributed by atoms with van der Waals surface area (Å²) in [6.07, 6.45) is 3.63. The Morgan fingerprint density at radius 2 is 1.89 bits per heavy atom. The summed E-state index contributed by atoms with van der Waals surface area (Å²) >= 11 is 1.30. The number of amides is 1. The van der Waals surface area contributed by atoms with Crippen LogP contribution in [0.1, 0.15) is 15.9 Å². The summed E-state index contributed by atoms with van der Waals surface area (Å²) in [4.78, 5) is 40.3. The first-order valence-corrected chi connectivity index (χ1v) is 9.35. The van der Waals surface area contributed by atoms with E-state index in [4.69, 9.17) is 9.47 Å². The molecule has 0 aliphatic carbocycles. The number of thioether (sulfide) groups is 1. The maximum atomic E-state index is 12.1. The summed E-state index contributed by atoms with van der Waals surface area (Å²) in [7, 11) is 1.25. The van der Waals surface area contributed by atoms with Crippen LogP contribution in [-0.2, 0) is 25.5 Å². The van der Waals surface area contributed by atoms with Crippen LogP contribution >= 0.6 is 11.8 Å². The van der Waals surface area contributed by atoms with Gasteiger partial charge in [0.25, 0.3) is 5.91 Å². The Bertz CT molecular complexity index is 798. The molecule has 1 aromatic carbocycles. The first-order chi connectivity index (χ1) is 13.0. The van der Waals surface area contributed by atoms with Crippen LogP contribution in [0.2, 0.25) is 0 Å². The molecule has 1 atom stereocenters. The molecule has 0 aliphatic rings. The average Bonchev–Trinajstić information content (AvgIpc) is 2.71. The number of ether oxygens (including phenoxy) is 2. The van der Waals surface area contributed by atoms with Gasteiger partial charge in [0.1, 0.15) is 11.1 Å². The molecule has 1 heterocycles. The number of rotatable bonds is 8. The van der Waals surface area contributed by atoms with Gasteiger partial charge in [-0.3, -0.25) is 4.79 Å². The fourth-order valence-electron chi connectivity index (χ4n) is 2.34. The molecule has 1 N–H and O–H groups in total. The Balaban J connectivity index is 1.95. The normalized spacial score (nSPS) is 11.3. The molecule has 0 saturated carbocycles. The largest absolute Gasteiger partial charge is 0.467 e. The van der Waals surface area contributed by atoms with Crippen LogP contribution in [0, 0.1) is 0 Å². The molecule has 1 unspecified atom stereocenters. The second-order valence-corrected chi connectivity index (χ2v) is 6.26. The van der Waals surface area contributed by atoms with Crippen LogP contribution in [0.4, 0.5) is 0 Å². The third-order valence-electron chi connectivity index (χ3n) is 3.62. The van der Waals surface area contributed by atoms with Crippen molar-refractivity contribution in [3.05, 3.63) is 59.8 Å². The zero-order valence-corrected chi connectivity index (χ0v) is 15.8. The molecule has 0 spiro atoms. The minimum Gasteiger partial charge on any atom is -0.467 e. The van der Waals surface area contributed by atoms with Crippen LogP contribution in [0.5, 0.6) is 0 Å². The Hall–Kier alpha value is -2.87. The van der Waals surface area contributed by atoms with Crippen molar-refractivity contribution in [2.45, 2.75) is 17.5 Å². The highest BCUT2D eigenvalue weighted by Gasteiger charge is 2.23. The number of nitrogens with zero attached hydrogens (tertiary/aromatic N) is 1. The smallest absolute Gasteiger partial charge is 0.341 e. The lowest BCUT2D eigenvalue weighted by molar-refractivity contribution is -0.145. The van der Waals surface area contributed by atoms with E-state index in [1.165, 1.54) is 18.9 Å². The molecule has 0 fully saturated rings. The number of hydrogen-bond donors (Lipinski definition) is 1. The quantitative estimate of drug-likeness (QED) is 0.545. The molecule has 0 bridgehead atoms. The number of pyridine rings is 1. The van der Waals surface area contributed by atoms with E-state index in [1.807, 2.05) is 30.3 Å². The van der Waals surface area contributed by atoms with Crippen molar-refractivity contribution in [2.75, 3.05) is 20.0 Å². The standard InChI is InChI=1S/C19H20N2O5S/c1-25-19(24)15(11-13-7-4-3-5-8-13)21-16(22)12-26-18(23)14-9-6-10-20-17(14)27-2/h3-10,15H,11-12H2,1-2H3,(H,21,22). The molecule has 2 aromatic rings. The van der Waals surface area contributed by atoms with E-state index in [0.717, 1.165) is 5.56 Å². The van der Waals surface area contributed by atoms with E-state index in [9.17, 15) is 14.4 Å². The molecule has 8 heteroatoms. The Labute approximate surface area is 161 Å². The maximum Gasteiger partial charge on any atom is 0.341 e. The van der Waals surface area contributed by atoms with Crippen molar-refractivity contribution >= 4 is 29.6 Å². The van der Waals surface area contributed by atoms with Gasteiger partial charge in [-0.15, -0.1) is 11.8 Å². The molecule has 142 valence electrons. The highest BCUT2D eigenvalue weighted by atomic mass is 32.2. The van der Waals surface area contributed by atoms with Gasteiger partial charge >= 0.3 is 11.9 Å². The van der Waals surface area contributed by atoms with Crippen molar-refractivity contribution in [1.29, 1.82) is 0 Å². The summed E-state index contributed by atoms with van der Waals surface area (Å²) in [5.41, 5.74) is 1.15. The van der Waals surface area contributed by atoms with E-state index < -0.39 is 30.5 Å². The van der Waals surface area contributed by atoms with Gasteiger partial charge in [0, 0.05) is 12.6 Å². The van der Waals surface area contributed by atoms with Crippen molar-refractivity contribution in [3.8, 4) is 0 Å². The zero-order chi connectivity index (χ0) is 19.6. The molecule has 0 aliphatic heterocycles. The first-order valence-electron chi connectivity index (χ1n) is 8.12. The third-order valence-corrected chi connectivity index (χ3v) is 4.33. The van der Waals surface area contributed by atoms with Gasteiger partial charge in [0.15, 0.2) is 6.61 Å². The van der Waals surface area contributed by atoms with Gasteiger partial charge in [0.05, 0.1) is 12.7 Å². The molecule has 1 amide bonds. The lowest BCUT2D eigenvalue weighted by Crippen LogP contribution is -2.44. The van der Waals surface area contributed by atoms with Gasteiger partial charge < -0.3 is 14.8 Å². The topological polar surface area (TPSA) is 94.6 Å². The minimum atomic E-state index is -0.872. The summed E-state index contributed by atoms with van der Waals surface area (Å²) in [6.45, 7) is -0.510. The predicted octanol–water partition coefficient (Wildman–Crippen LogP) is 1.86. The monoisotopic (exact) mass is 388 g/mol. The Kier molecular flexibility index (Phi) is 7.81. The molecular weight excluding hydrogens is 368 g/mol. The molecule has 0 radical (unpaired) electrons. The second-order valence-electron chi connectivity index (χ2n) is 5.47. The third kappa shape index (κ3) is 6.10. The number of carbonyl (C=O) groups excluding carboxylic acids is 3. The van der Waals surface area contributed by atoms with E-state index in [2.05, 4.69) is 10.3 Å². The molecular formula is C19H20N2O5S. The summed E-state index contributed by atoms with van der Waals surface area (Å²) in [5, 5.41) is 3.05. The van der Waals surface area contributed by atoms with Crippen molar-refractivity contribution < 1.29 is 23.9 Å². The number of benzene rings is 1. The van der Waals surface area contributed by atoms with E-state index in [0.29, 0.717) is 5.03 Å². The molecule has 0 saturated heterocycles. The molecule has 1 aromatic heterocycles. The number of esters is 2. The van der Waals surface area contributed by atoms with Crippen LogP contribution in [0.3, 0.4) is 0 Å². The van der Waals surface area contributed by atoms with Crippen molar-refractivity contribution in [2.24, 2.45) is 0 Å². The average molecular weight is 388 g/mol. The second kappa shape index (κ2) is 10.3. The number of hydrogen-bond acceptors (Lipinski definition) is 7. The number of carbonyl (C=O) groups is 3. The lowest BCUT2D eigenvalue weighted by Gasteiger charge is -2.16. The van der Waals surface area contributed by atoms with Crippen LogP contribution in [0.25, 0.3) is 0 Å². The highest BCUT2D eigenvalue weighted by molar-refractivity contribution is 7.98. The van der Waals surface area contributed by atoms with Gasteiger partial charge in [-0.1, -0.05) is 30.3 Å². The summed E-state index contributed by atoms with van der Waals surface area (Å²) in [5.74, 6) is -1.82.